The zero-order chi connectivity index (χ0) is 30.2. The maximum absolute atomic E-state index is 14.0. The van der Waals surface area contributed by atoms with Gasteiger partial charge in [0.2, 0.25) is 5.91 Å². The maximum atomic E-state index is 14.0. The van der Waals surface area contributed by atoms with Crippen LogP contribution >= 0.6 is 0 Å². The molecular formula is C31H44FN3O5S. The number of nitrogens with zero attached hydrogens (tertiary/aromatic N) is 2. The number of rotatable bonds is 11. The van der Waals surface area contributed by atoms with Gasteiger partial charge in [0.25, 0.3) is 0 Å². The highest BCUT2D eigenvalue weighted by atomic mass is 32.2. The number of likely N-dealkylation sites (tertiary alicyclic amines) is 1. The molecule has 0 saturated carbocycles. The number of ether oxygens (including phenoxy) is 1. The van der Waals surface area contributed by atoms with Crippen molar-refractivity contribution in [1.82, 2.24) is 15.1 Å². The zero-order valence-electron chi connectivity index (χ0n) is 24.9. The Kier molecular flexibility index (Phi) is 11.3. The summed E-state index contributed by atoms with van der Waals surface area (Å²) in [7, 11) is -3.27. The summed E-state index contributed by atoms with van der Waals surface area (Å²) < 4.78 is 42.8. The van der Waals surface area contributed by atoms with Crippen LogP contribution in [-0.2, 0) is 25.8 Å². The lowest BCUT2D eigenvalue weighted by Crippen LogP contribution is -2.48. The van der Waals surface area contributed by atoms with Crippen LogP contribution in [0.2, 0.25) is 0 Å². The van der Waals surface area contributed by atoms with Crippen molar-refractivity contribution in [1.29, 1.82) is 0 Å². The molecule has 1 fully saturated rings. The molecule has 0 unspecified atom stereocenters. The summed E-state index contributed by atoms with van der Waals surface area (Å²) in [6.07, 6.45) is 3.36. The van der Waals surface area contributed by atoms with E-state index in [1.165, 1.54) is 18.4 Å². The van der Waals surface area contributed by atoms with Crippen molar-refractivity contribution in [2.45, 2.75) is 75.8 Å². The summed E-state index contributed by atoms with van der Waals surface area (Å²) in [5, 5.41) is 2.84. The van der Waals surface area contributed by atoms with Crippen molar-refractivity contribution in [3.63, 3.8) is 0 Å². The van der Waals surface area contributed by atoms with E-state index < -0.39 is 21.5 Å². The Morgan fingerprint density at radius 3 is 2.34 bits per heavy atom. The second kappa shape index (κ2) is 14.3. The van der Waals surface area contributed by atoms with Gasteiger partial charge in [-0.2, -0.15) is 0 Å². The predicted octanol–water partition coefficient (Wildman–Crippen LogP) is 4.78. The average molecular weight is 590 g/mol. The van der Waals surface area contributed by atoms with Crippen molar-refractivity contribution in [2.24, 2.45) is 0 Å². The van der Waals surface area contributed by atoms with E-state index in [2.05, 4.69) is 10.2 Å². The minimum absolute atomic E-state index is 0.0393. The fourth-order valence-electron chi connectivity index (χ4n) is 5.23. The fraction of sp³-hybridized carbons (Fsp3) is 0.548. The number of benzene rings is 2. The summed E-state index contributed by atoms with van der Waals surface area (Å²) in [5.74, 6) is -0.336. The highest BCUT2D eigenvalue weighted by Crippen LogP contribution is 2.24. The Labute approximate surface area is 244 Å². The molecule has 0 spiro atoms. The number of hydrogen-bond acceptors (Lipinski definition) is 6. The summed E-state index contributed by atoms with van der Waals surface area (Å²) >= 11 is 0. The number of sulfone groups is 1. The van der Waals surface area contributed by atoms with Gasteiger partial charge < -0.3 is 19.9 Å². The Morgan fingerprint density at radius 1 is 1.12 bits per heavy atom. The molecular weight excluding hydrogens is 545 g/mol. The zero-order valence-corrected chi connectivity index (χ0v) is 25.7. The van der Waals surface area contributed by atoms with Crippen LogP contribution in [0.25, 0.3) is 0 Å². The molecule has 1 aliphatic heterocycles. The fourth-order valence-corrected chi connectivity index (χ4v) is 5.86. The van der Waals surface area contributed by atoms with Crippen molar-refractivity contribution < 1.29 is 27.1 Å². The van der Waals surface area contributed by atoms with E-state index in [4.69, 9.17) is 4.74 Å². The number of amides is 2. The molecule has 0 bridgehead atoms. The highest BCUT2D eigenvalue weighted by molar-refractivity contribution is 7.90. The molecule has 8 nitrogen and oxygen atoms in total. The molecule has 1 saturated heterocycles. The molecule has 1 atom stereocenters. The van der Waals surface area contributed by atoms with E-state index >= 15 is 0 Å². The standard InChI is InChI=1S/C31H44FN3O5S/c1-6-35(29(36)20-23-10-12-28(13-11-23)41(5,38)39)27-15-18-34(19-16-27)17-14-25(24-8-7-9-26(32)21-24)22-33-30(37)40-31(2,3)4/h7-13,21,25,27H,6,14-20,22H2,1-5H3,(H,33,37)/t25-/m1/s1. The first-order chi connectivity index (χ1) is 19.2. The quantitative estimate of drug-likeness (QED) is 0.405. The van der Waals surface area contributed by atoms with E-state index in [1.807, 2.05) is 38.7 Å². The molecule has 0 aromatic heterocycles. The summed E-state index contributed by atoms with van der Waals surface area (Å²) in [4.78, 5) is 29.9. The van der Waals surface area contributed by atoms with Crippen LogP contribution in [0.15, 0.2) is 53.4 Å². The first kappa shape index (κ1) is 32.5. The number of piperidine rings is 1. The Morgan fingerprint density at radius 2 is 1.78 bits per heavy atom. The molecule has 10 heteroatoms. The SMILES string of the molecule is CCN(C(=O)Cc1ccc(S(C)(=O)=O)cc1)C1CCN(CC[C@H](CNC(=O)OC(C)(C)C)c2cccc(F)c2)CC1. The topological polar surface area (TPSA) is 96.0 Å². The van der Waals surface area contributed by atoms with Gasteiger partial charge in [0.05, 0.1) is 11.3 Å². The van der Waals surface area contributed by atoms with E-state index in [0.717, 1.165) is 50.0 Å². The summed E-state index contributed by atoms with van der Waals surface area (Å²) in [5.41, 5.74) is 1.03. The molecule has 2 aromatic carbocycles. The molecule has 1 N–H and O–H groups in total. The Hall–Kier alpha value is -2.98. The van der Waals surface area contributed by atoms with Crippen LogP contribution in [0.5, 0.6) is 0 Å². The Balaban J connectivity index is 1.54. The van der Waals surface area contributed by atoms with Crippen molar-refractivity contribution in [3.8, 4) is 0 Å². The third kappa shape index (κ3) is 10.4. The van der Waals surface area contributed by atoms with Crippen LogP contribution in [-0.4, -0.2) is 80.8 Å². The molecule has 2 amide bonds. The van der Waals surface area contributed by atoms with Gasteiger partial charge >= 0.3 is 6.09 Å². The van der Waals surface area contributed by atoms with Crippen LogP contribution in [0, 0.1) is 5.82 Å². The molecule has 0 radical (unpaired) electrons. The number of carbonyl (C=O) groups excluding carboxylic acids is 2. The van der Waals surface area contributed by atoms with Gasteiger partial charge in [-0.05, 0) is 88.9 Å². The number of hydrogen-bond donors (Lipinski definition) is 1. The molecule has 226 valence electrons. The third-order valence-corrected chi connectivity index (χ3v) is 8.50. The van der Waals surface area contributed by atoms with E-state index in [9.17, 15) is 22.4 Å². The number of halogens is 1. The van der Waals surface area contributed by atoms with Crippen LogP contribution < -0.4 is 5.32 Å². The van der Waals surface area contributed by atoms with Crippen molar-refractivity contribution >= 4 is 21.8 Å². The maximum Gasteiger partial charge on any atom is 0.407 e. The molecule has 0 aliphatic carbocycles. The minimum atomic E-state index is -3.27. The van der Waals surface area contributed by atoms with Crippen LogP contribution in [0.1, 0.15) is 64.0 Å². The lowest BCUT2D eigenvalue weighted by Gasteiger charge is -2.38. The monoisotopic (exact) mass is 589 g/mol. The smallest absolute Gasteiger partial charge is 0.407 e. The van der Waals surface area contributed by atoms with E-state index in [-0.39, 0.29) is 35.0 Å². The predicted molar refractivity (Wildman–Crippen MR) is 158 cm³/mol. The number of carbonyl (C=O) groups is 2. The van der Waals surface area contributed by atoms with E-state index in [0.29, 0.717) is 13.1 Å². The second-order valence-corrected chi connectivity index (χ2v) is 13.8. The molecule has 41 heavy (non-hydrogen) atoms. The second-order valence-electron chi connectivity index (χ2n) is 11.8. The van der Waals surface area contributed by atoms with Gasteiger partial charge in [0, 0.05) is 44.4 Å². The van der Waals surface area contributed by atoms with Gasteiger partial charge in [-0.1, -0.05) is 24.3 Å². The number of likely N-dealkylation sites (N-methyl/N-ethyl adjacent to an activating group) is 1. The van der Waals surface area contributed by atoms with Gasteiger partial charge in [0.15, 0.2) is 9.84 Å². The lowest BCUT2D eigenvalue weighted by molar-refractivity contribution is -0.133. The molecule has 3 rings (SSSR count). The molecule has 1 heterocycles. The van der Waals surface area contributed by atoms with Crippen molar-refractivity contribution in [3.05, 3.63) is 65.5 Å². The van der Waals surface area contributed by atoms with Gasteiger partial charge in [-0.3, -0.25) is 4.79 Å². The number of alkyl carbamates (subject to hydrolysis) is 1. The number of nitrogens with one attached hydrogen (secondary N) is 1. The van der Waals surface area contributed by atoms with Gasteiger partial charge in [-0.25, -0.2) is 17.6 Å². The first-order valence-electron chi connectivity index (χ1n) is 14.3. The van der Waals surface area contributed by atoms with E-state index in [1.54, 1.807) is 30.3 Å². The lowest BCUT2D eigenvalue weighted by atomic mass is 9.94. The normalized spacial score (nSPS) is 15.8. The van der Waals surface area contributed by atoms with Gasteiger partial charge in [0.1, 0.15) is 11.4 Å². The summed E-state index contributed by atoms with van der Waals surface area (Å²) in [6, 6.07) is 13.2. The largest absolute Gasteiger partial charge is 0.444 e. The third-order valence-electron chi connectivity index (χ3n) is 7.37. The molecule has 1 aliphatic rings. The first-order valence-corrected chi connectivity index (χ1v) is 16.2. The van der Waals surface area contributed by atoms with Crippen molar-refractivity contribution in [2.75, 3.05) is 39.0 Å². The Bertz CT molecular complexity index is 1270. The minimum Gasteiger partial charge on any atom is -0.444 e. The molecule has 2 aromatic rings. The highest BCUT2D eigenvalue weighted by Gasteiger charge is 2.28. The van der Waals surface area contributed by atoms with Crippen LogP contribution in [0.3, 0.4) is 0 Å². The van der Waals surface area contributed by atoms with Gasteiger partial charge in [-0.15, -0.1) is 0 Å². The summed E-state index contributed by atoms with van der Waals surface area (Å²) in [6.45, 7) is 10.8. The average Bonchev–Trinajstić information content (AvgIpc) is 2.88. The van der Waals surface area contributed by atoms with Crippen LogP contribution in [0.4, 0.5) is 9.18 Å².